The Morgan fingerprint density at radius 1 is 0.949 bits per heavy atom. The van der Waals surface area contributed by atoms with Gasteiger partial charge in [-0.1, -0.05) is 41.9 Å². The number of carbonyl (C=O) groups excluding carboxylic acids is 1. The lowest BCUT2D eigenvalue weighted by Crippen LogP contribution is -2.45. The molecule has 1 aliphatic rings. The van der Waals surface area contributed by atoms with E-state index in [1.54, 1.807) is 50.7 Å². The third-order valence-corrected chi connectivity index (χ3v) is 7.08. The highest BCUT2D eigenvalue weighted by Gasteiger charge is 2.21. The lowest BCUT2D eigenvalue weighted by molar-refractivity contribution is 0.190. The number of benzene rings is 3. The van der Waals surface area contributed by atoms with E-state index in [0.29, 0.717) is 39.2 Å². The third-order valence-electron chi connectivity index (χ3n) is 6.79. The molecule has 1 saturated heterocycles. The minimum Gasteiger partial charge on any atom is -0.493 e. The van der Waals surface area contributed by atoms with Gasteiger partial charge in [0.2, 0.25) is 0 Å². The van der Waals surface area contributed by atoms with Gasteiger partial charge in [-0.25, -0.2) is 4.79 Å². The number of methoxy groups -OCH3 is 2. The number of hydrogen-bond donors (Lipinski definition) is 2. The number of amides is 2. The Hall–Kier alpha value is -4.01. The second-order valence-corrected chi connectivity index (χ2v) is 9.82. The van der Waals surface area contributed by atoms with Crippen LogP contribution in [0.2, 0.25) is 5.02 Å². The monoisotopic (exact) mass is 546 g/mol. The van der Waals surface area contributed by atoms with E-state index in [9.17, 15) is 4.79 Å². The molecule has 1 fully saturated rings. The van der Waals surface area contributed by atoms with Gasteiger partial charge in [-0.2, -0.15) is 0 Å². The van der Waals surface area contributed by atoms with Crippen LogP contribution in [0.3, 0.4) is 0 Å². The number of nitrogens with one attached hydrogen (secondary N) is 2. The molecule has 0 radical (unpaired) electrons. The lowest BCUT2D eigenvalue weighted by Gasteiger charge is -2.32. The predicted molar refractivity (Wildman–Crippen MR) is 153 cm³/mol. The zero-order chi connectivity index (χ0) is 27.2. The number of pyridine rings is 1. The van der Waals surface area contributed by atoms with Crippen molar-refractivity contribution in [3.63, 3.8) is 0 Å². The second kappa shape index (κ2) is 12.2. The first kappa shape index (κ1) is 26.6. The van der Waals surface area contributed by atoms with Crippen LogP contribution >= 0.6 is 11.6 Å². The molecule has 2 N–H and O–H groups in total. The Bertz CT molecular complexity index is 1440. The molecule has 3 aromatic carbocycles. The summed E-state index contributed by atoms with van der Waals surface area (Å²) < 4.78 is 16.9. The first-order valence-electron chi connectivity index (χ1n) is 12.8. The molecule has 39 heavy (non-hydrogen) atoms. The molecule has 9 heteroatoms. The van der Waals surface area contributed by atoms with Gasteiger partial charge in [0.25, 0.3) is 0 Å². The second-order valence-electron chi connectivity index (χ2n) is 9.42. The lowest BCUT2D eigenvalue weighted by atomic mass is 10.0. The van der Waals surface area contributed by atoms with Gasteiger partial charge in [0.1, 0.15) is 11.5 Å². The van der Waals surface area contributed by atoms with Gasteiger partial charge in [0, 0.05) is 49.0 Å². The Labute approximate surface area is 232 Å². The largest absolute Gasteiger partial charge is 0.493 e. The Kier molecular flexibility index (Phi) is 8.34. The van der Waals surface area contributed by atoms with E-state index < -0.39 is 0 Å². The van der Waals surface area contributed by atoms with Crippen molar-refractivity contribution in [1.82, 2.24) is 15.2 Å². The smallest absolute Gasteiger partial charge is 0.319 e. The van der Waals surface area contributed by atoms with E-state index in [2.05, 4.69) is 44.8 Å². The van der Waals surface area contributed by atoms with Crippen molar-refractivity contribution in [2.75, 3.05) is 32.6 Å². The molecule has 4 aromatic rings. The maximum atomic E-state index is 12.7. The van der Waals surface area contributed by atoms with Gasteiger partial charge in [-0.15, -0.1) is 0 Å². The molecule has 202 valence electrons. The minimum atomic E-state index is -0.248. The molecular weight excluding hydrogens is 516 g/mol. The van der Waals surface area contributed by atoms with Gasteiger partial charge in [0.15, 0.2) is 11.5 Å². The number of likely N-dealkylation sites (tertiary alicyclic amines) is 1. The third kappa shape index (κ3) is 6.53. The zero-order valence-electron chi connectivity index (χ0n) is 21.9. The van der Waals surface area contributed by atoms with Crippen molar-refractivity contribution < 1.29 is 19.0 Å². The molecule has 0 spiro atoms. The summed E-state index contributed by atoms with van der Waals surface area (Å²) in [7, 11) is 3.16. The van der Waals surface area contributed by atoms with Gasteiger partial charge in [-0.3, -0.25) is 9.88 Å². The SMILES string of the molecule is COc1cc2nccc(Oc3ccc(NC(=O)NC4CCN(Cc5ccccc5)CC4)cc3Cl)c2cc1OC. The molecule has 8 nitrogen and oxygen atoms in total. The van der Waals surface area contributed by atoms with Crippen molar-refractivity contribution >= 4 is 34.2 Å². The fourth-order valence-electron chi connectivity index (χ4n) is 4.75. The molecule has 1 aliphatic heterocycles. The number of anilines is 1. The molecule has 0 saturated carbocycles. The summed E-state index contributed by atoms with van der Waals surface area (Å²) in [5, 5.41) is 7.09. The number of hydrogen-bond acceptors (Lipinski definition) is 6. The van der Waals surface area contributed by atoms with Gasteiger partial charge >= 0.3 is 6.03 Å². The molecule has 0 unspecified atom stereocenters. The first-order valence-corrected chi connectivity index (χ1v) is 13.2. The average Bonchev–Trinajstić information content (AvgIpc) is 2.95. The summed E-state index contributed by atoms with van der Waals surface area (Å²) in [5.41, 5.74) is 2.59. The molecular formula is C30H31ClN4O4. The Morgan fingerprint density at radius 3 is 2.41 bits per heavy atom. The molecule has 2 heterocycles. The number of nitrogens with zero attached hydrogens (tertiary/aromatic N) is 2. The topological polar surface area (TPSA) is 85.0 Å². The van der Waals surface area contributed by atoms with Gasteiger partial charge in [-0.05, 0) is 48.7 Å². The highest BCUT2D eigenvalue weighted by molar-refractivity contribution is 6.32. The highest BCUT2D eigenvalue weighted by atomic mass is 35.5. The van der Waals surface area contributed by atoms with E-state index in [4.69, 9.17) is 25.8 Å². The predicted octanol–water partition coefficient (Wildman–Crippen LogP) is 6.48. The fraction of sp³-hybridized carbons (Fsp3) is 0.267. The van der Waals surface area contributed by atoms with Crippen molar-refractivity contribution in [3.05, 3.63) is 83.5 Å². The molecule has 0 atom stereocenters. The van der Waals surface area contributed by atoms with Crippen molar-refractivity contribution in [2.24, 2.45) is 0 Å². The minimum absolute atomic E-state index is 0.130. The van der Waals surface area contributed by atoms with Crippen LogP contribution in [0.1, 0.15) is 18.4 Å². The van der Waals surface area contributed by atoms with Gasteiger partial charge in [0.05, 0.1) is 24.8 Å². The number of carbonyl (C=O) groups is 1. The summed E-state index contributed by atoms with van der Waals surface area (Å²) in [5.74, 6) is 2.18. The molecule has 0 aliphatic carbocycles. The van der Waals surface area contributed by atoms with Crippen LogP contribution < -0.4 is 24.8 Å². The number of rotatable bonds is 8. The summed E-state index contributed by atoms with van der Waals surface area (Å²) in [6.07, 6.45) is 3.47. The summed E-state index contributed by atoms with van der Waals surface area (Å²) in [6.45, 7) is 2.82. The average molecular weight is 547 g/mol. The molecule has 2 amide bonds. The maximum Gasteiger partial charge on any atom is 0.319 e. The Morgan fingerprint density at radius 2 is 1.69 bits per heavy atom. The number of aromatic nitrogens is 1. The number of ether oxygens (including phenoxy) is 3. The van der Waals surface area contributed by atoms with E-state index in [1.807, 2.05) is 12.1 Å². The molecule has 0 bridgehead atoms. The van der Waals surface area contributed by atoms with Crippen molar-refractivity contribution in [1.29, 1.82) is 0 Å². The number of fused-ring (bicyclic) bond motifs is 1. The highest BCUT2D eigenvalue weighted by Crippen LogP contribution is 2.38. The first-order chi connectivity index (χ1) is 19.0. The van der Waals surface area contributed by atoms with Crippen LogP contribution in [0, 0.1) is 0 Å². The summed E-state index contributed by atoms with van der Waals surface area (Å²) in [4.78, 5) is 19.5. The van der Waals surface area contributed by atoms with Crippen LogP contribution in [0.5, 0.6) is 23.0 Å². The van der Waals surface area contributed by atoms with E-state index in [0.717, 1.165) is 37.9 Å². The number of piperidine rings is 1. The van der Waals surface area contributed by atoms with Crippen molar-refractivity contribution in [3.8, 4) is 23.0 Å². The summed E-state index contributed by atoms with van der Waals surface area (Å²) >= 11 is 6.53. The van der Waals surface area contributed by atoms with Crippen LogP contribution in [0.15, 0.2) is 72.9 Å². The molecule has 1 aromatic heterocycles. The van der Waals surface area contributed by atoms with Crippen LogP contribution in [-0.2, 0) is 6.54 Å². The van der Waals surface area contributed by atoms with Gasteiger partial charge < -0.3 is 24.8 Å². The zero-order valence-corrected chi connectivity index (χ0v) is 22.7. The quantitative estimate of drug-likeness (QED) is 0.263. The summed E-state index contributed by atoms with van der Waals surface area (Å²) in [6, 6.07) is 20.9. The number of urea groups is 1. The van der Waals surface area contributed by atoms with E-state index in [-0.39, 0.29) is 12.1 Å². The standard InChI is InChI=1S/C30H31ClN4O4/c1-37-28-17-23-25(18-29(28)38-2)32-13-10-26(23)39-27-9-8-22(16-24(27)31)34-30(36)33-21-11-14-35(15-12-21)19-20-6-4-3-5-7-20/h3-10,13,16-18,21H,11-12,14-15,19H2,1-2H3,(H2,33,34,36). The molecule has 5 rings (SSSR count). The van der Waals surface area contributed by atoms with Crippen LogP contribution in [0.25, 0.3) is 10.9 Å². The normalized spacial score (nSPS) is 14.1. The van der Waals surface area contributed by atoms with Crippen molar-refractivity contribution in [2.45, 2.75) is 25.4 Å². The Balaban J connectivity index is 1.18. The fourth-order valence-corrected chi connectivity index (χ4v) is 4.97. The number of halogens is 1. The maximum absolute atomic E-state index is 12.7. The van der Waals surface area contributed by atoms with E-state index >= 15 is 0 Å². The van der Waals surface area contributed by atoms with Crippen LogP contribution in [0.4, 0.5) is 10.5 Å². The van der Waals surface area contributed by atoms with Crippen LogP contribution in [-0.4, -0.2) is 49.3 Å². The van der Waals surface area contributed by atoms with E-state index in [1.165, 1.54) is 5.56 Å².